The fourth-order valence-electron chi connectivity index (χ4n) is 2.35. The van der Waals surface area contributed by atoms with Gasteiger partial charge in [0.1, 0.15) is 10.1 Å². The standard InChI is InChI=1S/C18H15BrN2O3S2/c19-12-5-7-13(8-6-12)20-16(22)4-1-9-21-17(23)15(26-18(21)25)11-14-3-2-10-24-14/h2-3,5-8,10-11H,1,4,9H2,(H,20,22)/b15-11+. The lowest BCUT2D eigenvalue weighted by Gasteiger charge is -2.14. The second kappa shape index (κ2) is 8.66. The largest absolute Gasteiger partial charge is 0.465 e. The molecule has 0 unspecified atom stereocenters. The van der Waals surface area contributed by atoms with Crippen molar-refractivity contribution in [3.8, 4) is 0 Å². The molecule has 0 radical (unpaired) electrons. The molecule has 134 valence electrons. The van der Waals surface area contributed by atoms with Crippen molar-refractivity contribution in [2.24, 2.45) is 0 Å². The Bertz CT molecular complexity index is 848. The maximum absolute atomic E-state index is 12.4. The Hall–Kier alpha value is -1.90. The summed E-state index contributed by atoms with van der Waals surface area (Å²) in [6.45, 7) is 0.411. The van der Waals surface area contributed by atoms with Crippen molar-refractivity contribution >= 4 is 67.8 Å². The Morgan fingerprint density at radius 1 is 1.31 bits per heavy atom. The maximum atomic E-state index is 12.4. The van der Waals surface area contributed by atoms with Crippen LogP contribution in [0.15, 0.2) is 56.5 Å². The van der Waals surface area contributed by atoms with E-state index in [0.29, 0.717) is 34.4 Å². The number of halogens is 1. The molecule has 1 aliphatic heterocycles. The first-order valence-corrected chi connectivity index (χ1v) is 9.89. The minimum atomic E-state index is -0.148. The second-order valence-electron chi connectivity index (χ2n) is 5.51. The van der Waals surface area contributed by atoms with Crippen LogP contribution in [0.25, 0.3) is 6.08 Å². The average Bonchev–Trinajstić information content (AvgIpc) is 3.21. The summed E-state index contributed by atoms with van der Waals surface area (Å²) in [5, 5.41) is 2.83. The minimum absolute atomic E-state index is 0.0936. The molecule has 1 N–H and O–H groups in total. The SMILES string of the molecule is O=C(CCCN1C(=O)/C(=C\c2ccco2)SC1=S)Nc1ccc(Br)cc1. The summed E-state index contributed by atoms with van der Waals surface area (Å²) < 4.78 is 6.68. The van der Waals surface area contributed by atoms with Gasteiger partial charge >= 0.3 is 0 Å². The Labute approximate surface area is 168 Å². The number of carbonyl (C=O) groups excluding carboxylic acids is 2. The molecule has 0 aliphatic carbocycles. The van der Waals surface area contributed by atoms with E-state index < -0.39 is 0 Å². The van der Waals surface area contributed by atoms with Crippen LogP contribution >= 0.6 is 39.9 Å². The van der Waals surface area contributed by atoms with Crippen molar-refractivity contribution in [3.05, 3.63) is 57.8 Å². The summed E-state index contributed by atoms with van der Waals surface area (Å²) in [6, 6.07) is 10.9. The van der Waals surface area contributed by atoms with E-state index in [-0.39, 0.29) is 11.8 Å². The van der Waals surface area contributed by atoms with Crippen LogP contribution in [0.3, 0.4) is 0 Å². The fraction of sp³-hybridized carbons (Fsp3) is 0.167. The van der Waals surface area contributed by atoms with Crippen molar-refractivity contribution < 1.29 is 14.0 Å². The van der Waals surface area contributed by atoms with Gasteiger partial charge in [0.25, 0.3) is 5.91 Å². The molecule has 1 aliphatic rings. The number of rotatable bonds is 6. The topological polar surface area (TPSA) is 62.6 Å². The van der Waals surface area contributed by atoms with Crippen molar-refractivity contribution in [1.29, 1.82) is 0 Å². The molecule has 1 aromatic carbocycles. The highest BCUT2D eigenvalue weighted by Gasteiger charge is 2.31. The third-order valence-corrected chi connectivity index (χ3v) is 5.51. The Balaban J connectivity index is 1.50. The molecule has 0 atom stereocenters. The van der Waals surface area contributed by atoms with Gasteiger partial charge in [0, 0.05) is 29.2 Å². The van der Waals surface area contributed by atoms with E-state index in [1.54, 1.807) is 24.5 Å². The molecule has 3 rings (SSSR count). The van der Waals surface area contributed by atoms with E-state index in [9.17, 15) is 9.59 Å². The predicted molar refractivity (Wildman–Crippen MR) is 111 cm³/mol. The first-order valence-electron chi connectivity index (χ1n) is 7.87. The first-order chi connectivity index (χ1) is 12.5. The highest BCUT2D eigenvalue weighted by Crippen LogP contribution is 2.32. The molecule has 1 aromatic heterocycles. The van der Waals surface area contributed by atoms with Gasteiger partial charge in [-0.25, -0.2) is 0 Å². The van der Waals surface area contributed by atoms with E-state index in [2.05, 4.69) is 21.2 Å². The zero-order chi connectivity index (χ0) is 18.5. The van der Waals surface area contributed by atoms with E-state index in [1.807, 2.05) is 24.3 Å². The molecule has 0 spiro atoms. The number of hydrogen-bond donors (Lipinski definition) is 1. The zero-order valence-electron chi connectivity index (χ0n) is 13.6. The number of furan rings is 1. The van der Waals surface area contributed by atoms with Gasteiger partial charge in [-0.1, -0.05) is 39.9 Å². The number of amides is 2. The number of nitrogens with zero attached hydrogens (tertiary/aromatic N) is 1. The van der Waals surface area contributed by atoms with Gasteiger partial charge in [0.15, 0.2) is 0 Å². The summed E-state index contributed by atoms with van der Waals surface area (Å²) in [6.07, 6.45) is 4.07. The van der Waals surface area contributed by atoms with Crippen molar-refractivity contribution in [2.75, 3.05) is 11.9 Å². The summed E-state index contributed by atoms with van der Waals surface area (Å²) in [5.74, 6) is 0.369. The number of anilines is 1. The van der Waals surface area contributed by atoms with Crippen molar-refractivity contribution in [1.82, 2.24) is 4.90 Å². The Kier molecular flexibility index (Phi) is 6.29. The first kappa shape index (κ1) is 18.9. The monoisotopic (exact) mass is 450 g/mol. The second-order valence-corrected chi connectivity index (χ2v) is 8.10. The van der Waals surface area contributed by atoms with Crippen LogP contribution in [0.2, 0.25) is 0 Å². The summed E-state index contributed by atoms with van der Waals surface area (Å²) >= 11 is 9.88. The molecule has 2 amide bonds. The number of benzene rings is 1. The van der Waals surface area contributed by atoms with Crippen LogP contribution in [0, 0.1) is 0 Å². The van der Waals surface area contributed by atoms with Gasteiger partial charge in [-0.3, -0.25) is 14.5 Å². The highest BCUT2D eigenvalue weighted by atomic mass is 79.9. The lowest BCUT2D eigenvalue weighted by atomic mass is 10.2. The molecule has 5 nitrogen and oxygen atoms in total. The number of nitrogens with one attached hydrogen (secondary N) is 1. The van der Waals surface area contributed by atoms with Crippen LogP contribution in [-0.4, -0.2) is 27.6 Å². The quantitative estimate of drug-likeness (QED) is 0.511. The molecule has 2 heterocycles. The van der Waals surface area contributed by atoms with Crippen molar-refractivity contribution in [2.45, 2.75) is 12.8 Å². The van der Waals surface area contributed by atoms with Gasteiger partial charge in [-0.15, -0.1) is 0 Å². The van der Waals surface area contributed by atoms with Crippen LogP contribution in [-0.2, 0) is 9.59 Å². The Morgan fingerprint density at radius 2 is 2.08 bits per heavy atom. The minimum Gasteiger partial charge on any atom is -0.465 e. The molecule has 0 bridgehead atoms. The van der Waals surface area contributed by atoms with Crippen LogP contribution < -0.4 is 5.32 Å². The van der Waals surface area contributed by atoms with E-state index in [4.69, 9.17) is 16.6 Å². The molecule has 1 saturated heterocycles. The molecule has 26 heavy (non-hydrogen) atoms. The highest BCUT2D eigenvalue weighted by molar-refractivity contribution is 9.10. The van der Waals surface area contributed by atoms with E-state index >= 15 is 0 Å². The number of carbonyl (C=O) groups is 2. The lowest BCUT2D eigenvalue weighted by molar-refractivity contribution is -0.122. The van der Waals surface area contributed by atoms with E-state index in [1.165, 1.54) is 16.7 Å². The van der Waals surface area contributed by atoms with E-state index in [0.717, 1.165) is 10.2 Å². The van der Waals surface area contributed by atoms with Crippen LogP contribution in [0.5, 0.6) is 0 Å². The Morgan fingerprint density at radius 3 is 2.77 bits per heavy atom. The van der Waals surface area contributed by atoms with Gasteiger partial charge in [0.2, 0.25) is 5.91 Å². The van der Waals surface area contributed by atoms with Crippen LogP contribution in [0.4, 0.5) is 5.69 Å². The van der Waals surface area contributed by atoms with Crippen LogP contribution in [0.1, 0.15) is 18.6 Å². The molecular weight excluding hydrogens is 436 g/mol. The molecule has 2 aromatic rings. The fourth-order valence-corrected chi connectivity index (χ4v) is 3.90. The van der Waals surface area contributed by atoms with Gasteiger partial charge in [-0.05, 0) is 42.8 Å². The number of thiocarbonyl (C=S) groups is 1. The zero-order valence-corrected chi connectivity index (χ0v) is 16.8. The molecule has 8 heteroatoms. The van der Waals surface area contributed by atoms with Crippen molar-refractivity contribution in [3.63, 3.8) is 0 Å². The van der Waals surface area contributed by atoms with Gasteiger partial charge in [0.05, 0.1) is 11.2 Å². The number of hydrogen-bond acceptors (Lipinski definition) is 5. The predicted octanol–water partition coefficient (Wildman–Crippen LogP) is 4.66. The summed E-state index contributed by atoms with van der Waals surface area (Å²) in [4.78, 5) is 26.5. The molecule has 1 fully saturated rings. The van der Waals surface area contributed by atoms with Gasteiger partial charge in [-0.2, -0.15) is 0 Å². The molecular formula is C18H15BrN2O3S2. The third kappa shape index (κ3) is 4.84. The molecule has 0 saturated carbocycles. The lowest BCUT2D eigenvalue weighted by Crippen LogP contribution is -2.29. The summed E-state index contributed by atoms with van der Waals surface area (Å²) in [7, 11) is 0. The normalized spacial score (nSPS) is 15.7. The average molecular weight is 451 g/mol. The summed E-state index contributed by atoms with van der Waals surface area (Å²) in [5.41, 5.74) is 0.741. The maximum Gasteiger partial charge on any atom is 0.266 e. The smallest absolute Gasteiger partial charge is 0.266 e. The van der Waals surface area contributed by atoms with Gasteiger partial charge < -0.3 is 9.73 Å². The number of thioether (sulfide) groups is 1. The third-order valence-electron chi connectivity index (χ3n) is 3.60.